The summed E-state index contributed by atoms with van der Waals surface area (Å²) in [4.78, 5) is 30.2. The topological polar surface area (TPSA) is 121 Å². The fourth-order valence-electron chi connectivity index (χ4n) is 3.38. The SMILES string of the molecule is COc1cc2c(-c3cc4cccnc4[nH]3)cn(C)c2cc1OC(OC(=O)C(F)(F)F)C(N)=O. The van der Waals surface area contributed by atoms with E-state index >= 15 is 0 Å². The van der Waals surface area contributed by atoms with Crippen LogP contribution in [0.3, 0.4) is 0 Å². The molecule has 3 aromatic heterocycles. The van der Waals surface area contributed by atoms with Gasteiger partial charge in [-0.1, -0.05) is 0 Å². The monoisotopic (exact) mass is 462 g/mol. The zero-order chi connectivity index (χ0) is 23.9. The Kier molecular flexibility index (Phi) is 5.36. The van der Waals surface area contributed by atoms with Gasteiger partial charge in [0.25, 0.3) is 5.91 Å². The van der Waals surface area contributed by atoms with Crippen molar-refractivity contribution in [3.63, 3.8) is 0 Å². The van der Waals surface area contributed by atoms with Gasteiger partial charge in [0.15, 0.2) is 11.5 Å². The molecule has 1 amide bonds. The van der Waals surface area contributed by atoms with Gasteiger partial charge < -0.3 is 29.5 Å². The summed E-state index contributed by atoms with van der Waals surface area (Å²) in [5.74, 6) is -4.10. The normalized spacial score (nSPS) is 12.6. The molecule has 0 aliphatic rings. The third-order valence-electron chi connectivity index (χ3n) is 4.87. The number of aromatic nitrogens is 3. The standard InChI is InChI=1S/C21H17F3N4O5/c1-28-9-12(13-6-10-4-3-5-26-18(10)27-13)11-7-15(31-2)16(8-14(11)28)32-19(17(25)29)33-20(30)21(22,23)24/h3-9,19H,1-2H3,(H2,25,29)(H,26,27). The molecule has 4 rings (SSSR count). The van der Waals surface area contributed by atoms with E-state index in [9.17, 15) is 22.8 Å². The average molecular weight is 462 g/mol. The molecule has 0 aliphatic heterocycles. The summed E-state index contributed by atoms with van der Waals surface area (Å²) in [5.41, 5.74) is 7.93. The molecule has 0 fully saturated rings. The number of fused-ring (bicyclic) bond motifs is 2. The van der Waals surface area contributed by atoms with Gasteiger partial charge in [-0.25, -0.2) is 9.78 Å². The van der Waals surface area contributed by atoms with Gasteiger partial charge in [-0.2, -0.15) is 13.2 Å². The van der Waals surface area contributed by atoms with E-state index < -0.39 is 24.3 Å². The molecule has 1 atom stereocenters. The number of nitrogens with zero attached hydrogens (tertiary/aromatic N) is 2. The van der Waals surface area contributed by atoms with E-state index in [2.05, 4.69) is 14.7 Å². The largest absolute Gasteiger partial charge is 0.493 e. The van der Waals surface area contributed by atoms with Crippen molar-refractivity contribution in [1.29, 1.82) is 0 Å². The first-order valence-corrected chi connectivity index (χ1v) is 9.43. The highest BCUT2D eigenvalue weighted by atomic mass is 19.4. The zero-order valence-electron chi connectivity index (χ0n) is 17.3. The van der Waals surface area contributed by atoms with Gasteiger partial charge in [-0.3, -0.25) is 4.79 Å². The van der Waals surface area contributed by atoms with E-state index in [1.54, 1.807) is 23.9 Å². The number of hydrogen-bond acceptors (Lipinski definition) is 6. The van der Waals surface area contributed by atoms with Crippen LogP contribution in [-0.2, 0) is 21.4 Å². The van der Waals surface area contributed by atoms with Crippen LogP contribution in [0.2, 0.25) is 0 Å². The van der Waals surface area contributed by atoms with Crippen molar-refractivity contribution >= 4 is 33.8 Å². The maximum absolute atomic E-state index is 12.5. The van der Waals surface area contributed by atoms with E-state index in [1.165, 1.54) is 13.2 Å². The minimum Gasteiger partial charge on any atom is -0.493 e. The van der Waals surface area contributed by atoms with Crippen LogP contribution >= 0.6 is 0 Å². The summed E-state index contributed by atoms with van der Waals surface area (Å²) in [5, 5.41) is 1.63. The number of ether oxygens (including phenoxy) is 3. The molecule has 0 radical (unpaired) electrons. The number of nitrogens with two attached hydrogens (primary N) is 1. The van der Waals surface area contributed by atoms with Crippen molar-refractivity contribution in [2.75, 3.05) is 7.11 Å². The number of amides is 1. The molecule has 172 valence electrons. The highest BCUT2D eigenvalue weighted by Crippen LogP contribution is 2.39. The lowest BCUT2D eigenvalue weighted by atomic mass is 10.1. The number of nitrogens with one attached hydrogen (secondary N) is 1. The molecule has 3 N–H and O–H groups in total. The molecule has 0 saturated carbocycles. The van der Waals surface area contributed by atoms with E-state index in [0.717, 1.165) is 22.0 Å². The van der Waals surface area contributed by atoms with E-state index in [1.807, 2.05) is 24.4 Å². The van der Waals surface area contributed by atoms with Crippen LogP contribution in [0.1, 0.15) is 0 Å². The lowest BCUT2D eigenvalue weighted by Gasteiger charge is -2.19. The van der Waals surface area contributed by atoms with Crippen LogP contribution in [0, 0.1) is 0 Å². The summed E-state index contributed by atoms with van der Waals surface area (Å²) in [6.45, 7) is 0. The molecule has 33 heavy (non-hydrogen) atoms. The molecule has 0 saturated heterocycles. The summed E-state index contributed by atoms with van der Waals surface area (Å²) in [7, 11) is 3.06. The van der Waals surface area contributed by atoms with Crippen molar-refractivity contribution in [3.8, 4) is 22.8 Å². The van der Waals surface area contributed by atoms with Gasteiger partial charge in [0.1, 0.15) is 5.65 Å². The second-order valence-corrected chi connectivity index (χ2v) is 7.05. The Bertz CT molecular complexity index is 1340. The molecule has 0 aliphatic carbocycles. The molecule has 12 heteroatoms. The van der Waals surface area contributed by atoms with Gasteiger partial charge in [-0.05, 0) is 24.3 Å². The van der Waals surface area contributed by atoms with Crippen molar-refractivity contribution in [3.05, 3.63) is 42.7 Å². The molecular formula is C21H17F3N4O5. The number of alkyl halides is 3. The number of benzene rings is 1. The number of esters is 1. The lowest BCUT2D eigenvalue weighted by Crippen LogP contribution is -2.41. The molecule has 3 heterocycles. The Morgan fingerprint density at radius 1 is 1.21 bits per heavy atom. The fraction of sp³-hybridized carbons (Fsp3) is 0.190. The van der Waals surface area contributed by atoms with Gasteiger partial charge in [0, 0.05) is 47.5 Å². The number of aromatic amines is 1. The van der Waals surface area contributed by atoms with E-state index in [4.69, 9.17) is 15.2 Å². The van der Waals surface area contributed by atoms with Crippen molar-refractivity contribution in [2.45, 2.75) is 12.5 Å². The fourth-order valence-corrected chi connectivity index (χ4v) is 3.38. The number of carbonyl (C=O) groups is 2. The summed E-state index contributed by atoms with van der Waals surface area (Å²) in [6, 6.07) is 8.68. The Morgan fingerprint density at radius 3 is 2.61 bits per heavy atom. The smallest absolute Gasteiger partial charge is 0.491 e. The lowest BCUT2D eigenvalue weighted by molar-refractivity contribution is -0.215. The Balaban J connectivity index is 1.75. The number of rotatable bonds is 6. The van der Waals surface area contributed by atoms with Crippen molar-refractivity contribution in [2.24, 2.45) is 12.8 Å². The van der Waals surface area contributed by atoms with Crippen LogP contribution < -0.4 is 15.2 Å². The average Bonchev–Trinajstić information content (AvgIpc) is 3.32. The first kappa shape index (κ1) is 22.0. The number of halogens is 3. The van der Waals surface area contributed by atoms with Gasteiger partial charge in [0.2, 0.25) is 0 Å². The number of pyridine rings is 1. The molecule has 1 unspecified atom stereocenters. The molecule has 4 aromatic rings. The quantitative estimate of drug-likeness (QED) is 0.336. The third-order valence-corrected chi connectivity index (χ3v) is 4.87. The Morgan fingerprint density at radius 2 is 1.97 bits per heavy atom. The summed E-state index contributed by atoms with van der Waals surface area (Å²) in [6.07, 6.45) is -4.15. The molecular weight excluding hydrogens is 445 g/mol. The van der Waals surface area contributed by atoms with Gasteiger partial charge in [0.05, 0.1) is 12.6 Å². The first-order valence-electron chi connectivity index (χ1n) is 9.43. The summed E-state index contributed by atoms with van der Waals surface area (Å²) >= 11 is 0. The van der Waals surface area contributed by atoms with E-state index in [0.29, 0.717) is 11.2 Å². The third kappa shape index (κ3) is 4.14. The minimum absolute atomic E-state index is 0.0819. The van der Waals surface area contributed by atoms with Crippen molar-refractivity contribution < 1.29 is 37.0 Å². The number of H-pyrrole nitrogens is 1. The molecule has 1 aromatic carbocycles. The first-order chi connectivity index (χ1) is 15.6. The van der Waals surface area contributed by atoms with Gasteiger partial charge in [-0.15, -0.1) is 0 Å². The Hall–Kier alpha value is -4.22. The van der Waals surface area contributed by atoms with Crippen LogP contribution in [0.25, 0.3) is 33.2 Å². The number of aryl methyl sites for hydroxylation is 1. The Labute approximate surface area is 183 Å². The number of hydrogen-bond donors (Lipinski definition) is 2. The second kappa shape index (κ2) is 8.04. The zero-order valence-corrected chi connectivity index (χ0v) is 17.3. The summed E-state index contributed by atoms with van der Waals surface area (Å²) < 4.78 is 54.0. The minimum atomic E-state index is -5.33. The second-order valence-electron chi connectivity index (χ2n) is 7.05. The molecule has 9 nitrogen and oxygen atoms in total. The van der Waals surface area contributed by atoms with Crippen LogP contribution in [0.5, 0.6) is 11.5 Å². The van der Waals surface area contributed by atoms with Crippen LogP contribution in [0.4, 0.5) is 13.2 Å². The predicted octanol–water partition coefficient (Wildman–Crippen LogP) is 3.03. The van der Waals surface area contributed by atoms with Gasteiger partial charge >= 0.3 is 18.4 Å². The van der Waals surface area contributed by atoms with Crippen molar-refractivity contribution in [1.82, 2.24) is 14.5 Å². The maximum atomic E-state index is 12.5. The number of primary amides is 1. The predicted molar refractivity (Wildman–Crippen MR) is 110 cm³/mol. The van der Waals surface area contributed by atoms with Crippen LogP contribution in [-0.4, -0.2) is 46.0 Å². The van der Waals surface area contributed by atoms with E-state index in [-0.39, 0.29) is 11.5 Å². The molecule has 0 spiro atoms. The highest BCUT2D eigenvalue weighted by molar-refractivity contribution is 5.99. The number of carbonyl (C=O) groups excluding carboxylic acids is 2. The van der Waals surface area contributed by atoms with Crippen LogP contribution in [0.15, 0.2) is 42.7 Å². The molecule has 0 bridgehead atoms. The number of methoxy groups -OCH3 is 1. The maximum Gasteiger partial charge on any atom is 0.491 e. The highest BCUT2D eigenvalue weighted by Gasteiger charge is 2.44.